The summed E-state index contributed by atoms with van der Waals surface area (Å²) in [6.07, 6.45) is 8.78. The quantitative estimate of drug-likeness (QED) is 0.489. The van der Waals surface area contributed by atoms with Crippen molar-refractivity contribution in [3.8, 4) is 17.2 Å². The van der Waals surface area contributed by atoms with Gasteiger partial charge in [-0.15, -0.1) is 0 Å². The number of hydrazine groups is 1. The summed E-state index contributed by atoms with van der Waals surface area (Å²) in [4.78, 5) is 17.3. The Morgan fingerprint density at radius 2 is 1.75 bits per heavy atom. The standard InChI is InChI=1S/C25H27N3O4/c1-26-20-14-10-9-13-19(20)23(17-11-7-6-8-12-17)28(2)27-25(29)18-15-21(30-3)24(32-5)22(16-18)31-4/h6-11,13-16H,1,12H2,2-5H3,(H,27,29)/b23-17+. The Balaban J connectivity index is 2.00. The lowest BCUT2D eigenvalue weighted by Gasteiger charge is -2.27. The number of rotatable bonds is 8. The van der Waals surface area contributed by atoms with Gasteiger partial charge in [-0.2, -0.15) is 0 Å². The third-order valence-corrected chi connectivity index (χ3v) is 5.05. The van der Waals surface area contributed by atoms with Gasteiger partial charge < -0.3 is 14.2 Å². The van der Waals surface area contributed by atoms with Crippen molar-refractivity contribution in [3.63, 3.8) is 0 Å². The van der Waals surface area contributed by atoms with E-state index in [1.54, 1.807) is 24.2 Å². The maximum atomic E-state index is 13.2. The van der Waals surface area contributed by atoms with Gasteiger partial charge in [-0.25, -0.2) is 0 Å². The van der Waals surface area contributed by atoms with E-state index in [1.165, 1.54) is 21.3 Å². The molecule has 7 heteroatoms. The van der Waals surface area contributed by atoms with Crippen molar-refractivity contribution in [1.82, 2.24) is 10.4 Å². The molecule has 3 rings (SSSR count). The van der Waals surface area contributed by atoms with Gasteiger partial charge in [0.15, 0.2) is 11.5 Å². The van der Waals surface area contributed by atoms with Gasteiger partial charge in [-0.1, -0.05) is 42.5 Å². The first-order valence-corrected chi connectivity index (χ1v) is 10.0. The van der Waals surface area contributed by atoms with Gasteiger partial charge in [0.25, 0.3) is 5.91 Å². The molecule has 0 saturated carbocycles. The molecule has 1 aliphatic carbocycles. The number of benzene rings is 2. The third kappa shape index (κ3) is 4.67. The maximum absolute atomic E-state index is 13.2. The summed E-state index contributed by atoms with van der Waals surface area (Å²) in [5, 5.41) is 1.70. The first-order valence-electron chi connectivity index (χ1n) is 10.0. The normalized spacial score (nSPS) is 13.9. The number of hydrogen-bond donors (Lipinski definition) is 1. The van der Waals surface area contributed by atoms with Gasteiger partial charge in [0, 0.05) is 18.2 Å². The zero-order valence-corrected chi connectivity index (χ0v) is 18.7. The molecule has 0 aromatic heterocycles. The van der Waals surface area contributed by atoms with Crippen molar-refractivity contribution in [3.05, 3.63) is 77.4 Å². The number of nitrogens with one attached hydrogen (secondary N) is 1. The molecule has 1 aliphatic rings. The second-order valence-corrected chi connectivity index (χ2v) is 6.95. The number of methoxy groups -OCH3 is 3. The predicted molar refractivity (Wildman–Crippen MR) is 127 cm³/mol. The highest BCUT2D eigenvalue weighted by Crippen LogP contribution is 2.38. The molecule has 7 nitrogen and oxygen atoms in total. The van der Waals surface area contributed by atoms with E-state index in [4.69, 9.17) is 14.2 Å². The molecule has 0 heterocycles. The van der Waals surface area contributed by atoms with Gasteiger partial charge in [-0.3, -0.25) is 20.2 Å². The van der Waals surface area contributed by atoms with Crippen LogP contribution in [0.5, 0.6) is 17.2 Å². The molecule has 2 aromatic rings. The number of nitrogens with zero attached hydrogens (tertiary/aromatic N) is 2. The average Bonchev–Trinajstić information content (AvgIpc) is 2.84. The Kier molecular flexibility index (Phi) is 7.33. The molecule has 0 spiro atoms. The smallest absolute Gasteiger partial charge is 0.270 e. The number of ether oxygens (including phenoxy) is 3. The summed E-state index contributed by atoms with van der Waals surface area (Å²) in [5.74, 6) is 0.900. The monoisotopic (exact) mass is 433 g/mol. The molecule has 166 valence electrons. The van der Waals surface area contributed by atoms with Crippen LogP contribution >= 0.6 is 0 Å². The van der Waals surface area contributed by atoms with Crippen LogP contribution in [0.2, 0.25) is 0 Å². The molecular formula is C25H27N3O4. The fourth-order valence-electron chi connectivity index (χ4n) is 3.55. The van der Waals surface area contributed by atoms with Crippen molar-refractivity contribution in [2.24, 2.45) is 4.99 Å². The lowest BCUT2D eigenvalue weighted by molar-refractivity contribution is 0.0879. The van der Waals surface area contributed by atoms with Gasteiger partial charge in [-0.05, 0) is 36.9 Å². The number of amides is 1. The fourth-order valence-corrected chi connectivity index (χ4v) is 3.55. The van der Waals surface area contributed by atoms with E-state index in [0.29, 0.717) is 22.8 Å². The van der Waals surface area contributed by atoms with E-state index in [9.17, 15) is 4.79 Å². The van der Waals surface area contributed by atoms with Crippen molar-refractivity contribution in [2.45, 2.75) is 6.42 Å². The Hall–Kier alpha value is -4.00. The molecule has 1 amide bonds. The number of allylic oxidation sites excluding steroid dienone is 5. The van der Waals surface area contributed by atoms with Crippen LogP contribution in [0.3, 0.4) is 0 Å². The highest BCUT2D eigenvalue weighted by atomic mass is 16.5. The Morgan fingerprint density at radius 3 is 2.31 bits per heavy atom. The third-order valence-electron chi connectivity index (χ3n) is 5.05. The van der Waals surface area contributed by atoms with Gasteiger partial charge in [0.2, 0.25) is 5.75 Å². The molecule has 1 N–H and O–H groups in total. The van der Waals surface area contributed by atoms with Crippen LogP contribution in [0.15, 0.2) is 71.3 Å². The number of aliphatic imine (C=N–C) groups is 1. The topological polar surface area (TPSA) is 72.4 Å². The zero-order chi connectivity index (χ0) is 23.1. The van der Waals surface area contributed by atoms with Crippen LogP contribution in [0.1, 0.15) is 22.3 Å². The van der Waals surface area contributed by atoms with Gasteiger partial charge >= 0.3 is 0 Å². The van der Waals surface area contributed by atoms with E-state index < -0.39 is 0 Å². The van der Waals surface area contributed by atoms with Crippen LogP contribution in [0, 0.1) is 0 Å². The Bertz CT molecular complexity index is 1080. The molecule has 0 fully saturated rings. The Morgan fingerprint density at radius 1 is 1.06 bits per heavy atom. The summed E-state index contributed by atoms with van der Waals surface area (Å²) >= 11 is 0. The lowest BCUT2D eigenvalue weighted by Crippen LogP contribution is -2.38. The van der Waals surface area contributed by atoms with Crippen LogP contribution in [0.25, 0.3) is 5.70 Å². The molecule has 32 heavy (non-hydrogen) atoms. The van der Waals surface area contributed by atoms with E-state index >= 15 is 0 Å². The number of carbonyl (C=O) groups is 1. The molecular weight excluding hydrogens is 406 g/mol. The van der Waals surface area contributed by atoms with Gasteiger partial charge in [0.1, 0.15) is 0 Å². The highest BCUT2D eigenvalue weighted by molar-refractivity contribution is 5.96. The first-order chi connectivity index (χ1) is 15.5. The van der Waals surface area contributed by atoms with E-state index in [2.05, 4.69) is 23.2 Å². The number of carbonyl (C=O) groups excluding carboxylic acids is 1. The van der Waals surface area contributed by atoms with Crippen LogP contribution in [-0.2, 0) is 0 Å². The van der Waals surface area contributed by atoms with Gasteiger partial charge in [0.05, 0.1) is 32.7 Å². The average molecular weight is 434 g/mol. The molecule has 0 radical (unpaired) electrons. The summed E-state index contributed by atoms with van der Waals surface area (Å²) in [5.41, 5.74) is 6.77. The van der Waals surface area contributed by atoms with E-state index in [1.807, 2.05) is 42.5 Å². The highest BCUT2D eigenvalue weighted by Gasteiger charge is 2.21. The number of hydrogen-bond acceptors (Lipinski definition) is 6. The molecule has 0 bridgehead atoms. The van der Waals surface area contributed by atoms with Crippen LogP contribution < -0.4 is 19.6 Å². The second-order valence-electron chi connectivity index (χ2n) is 6.95. The predicted octanol–water partition coefficient (Wildman–Crippen LogP) is 4.55. The van der Waals surface area contributed by atoms with Crippen molar-refractivity contribution >= 4 is 24.0 Å². The summed E-state index contributed by atoms with van der Waals surface area (Å²) in [7, 11) is 6.33. The van der Waals surface area contributed by atoms with Crippen LogP contribution in [-0.4, -0.2) is 46.0 Å². The SMILES string of the molecule is C=Nc1ccccc1/C(=C1/C=CC=CC1)N(C)NC(=O)c1cc(OC)c(OC)c(OC)c1. The zero-order valence-electron chi connectivity index (χ0n) is 18.7. The Labute approximate surface area is 188 Å². The van der Waals surface area contributed by atoms with Crippen molar-refractivity contribution < 1.29 is 19.0 Å². The van der Waals surface area contributed by atoms with Crippen molar-refractivity contribution in [1.29, 1.82) is 0 Å². The lowest BCUT2D eigenvalue weighted by atomic mass is 9.99. The minimum Gasteiger partial charge on any atom is -0.493 e. The molecule has 0 atom stereocenters. The fraction of sp³-hybridized carbons (Fsp3) is 0.200. The largest absolute Gasteiger partial charge is 0.493 e. The molecule has 0 unspecified atom stereocenters. The van der Waals surface area contributed by atoms with Crippen molar-refractivity contribution in [2.75, 3.05) is 28.4 Å². The summed E-state index contributed by atoms with van der Waals surface area (Å²) in [6, 6.07) is 10.9. The molecule has 0 saturated heterocycles. The maximum Gasteiger partial charge on any atom is 0.270 e. The summed E-state index contributed by atoms with van der Waals surface area (Å²) in [6.45, 7) is 3.69. The molecule has 2 aromatic carbocycles. The molecule has 0 aliphatic heterocycles. The van der Waals surface area contributed by atoms with E-state index in [0.717, 1.165) is 28.9 Å². The van der Waals surface area contributed by atoms with Crippen LogP contribution in [0.4, 0.5) is 5.69 Å². The second kappa shape index (κ2) is 10.3. The number of para-hydroxylation sites is 1. The summed E-state index contributed by atoms with van der Waals surface area (Å²) < 4.78 is 16.1. The minimum absolute atomic E-state index is 0.329. The first kappa shape index (κ1) is 22.7. The van der Waals surface area contributed by atoms with E-state index in [-0.39, 0.29) is 5.91 Å². The minimum atomic E-state index is -0.329.